The van der Waals surface area contributed by atoms with Crippen molar-refractivity contribution >= 4 is 12.0 Å². The standard InChI is InChI=1S/C29H26FN3O3/c30-29(27(34)33-25(19-36-28(33)35)15-21-7-3-1-4-8-21)20-32(17-23-9-5-2-6-10-23)18-26(29)24-13-11-22(16-31)12-14-24/h1-14,25-26H,15,17-20H2/t25-,26+,29+/m1/s1. The van der Waals surface area contributed by atoms with Crippen LogP contribution in [-0.2, 0) is 22.5 Å². The van der Waals surface area contributed by atoms with Crippen molar-refractivity contribution in [1.29, 1.82) is 5.26 Å². The Morgan fingerprint density at radius 3 is 2.28 bits per heavy atom. The number of rotatable bonds is 6. The quantitative estimate of drug-likeness (QED) is 0.518. The molecule has 0 aliphatic carbocycles. The number of benzene rings is 3. The molecule has 2 amide bonds. The van der Waals surface area contributed by atoms with Gasteiger partial charge in [0.05, 0.1) is 17.7 Å². The van der Waals surface area contributed by atoms with Gasteiger partial charge in [0.25, 0.3) is 5.91 Å². The van der Waals surface area contributed by atoms with Crippen LogP contribution >= 0.6 is 0 Å². The van der Waals surface area contributed by atoms with E-state index in [1.54, 1.807) is 24.3 Å². The van der Waals surface area contributed by atoms with Crippen molar-refractivity contribution < 1.29 is 18.7 Å². The lowest BCUT2D eigenvalue weighted by Gasteiger charge is -2.30. The molecule has 2 saturated heterocycles. The van der Waals surface area contributed by atoms with E-state index < -0.39 is 29.6 Å². The Bertz CT molecular complexity index is 1280. The van der Waals surface area contributed by atoms with Crippen LogP contribution in [0.4, 0.5) is 9.18 Å². The lowest BCUT2D eigenvalue weighted by molar-refractivity contribution is -0.142. The fourth-order valence-corrected chi connectivity index (χ4v) is 5.19. The number of carbonyl (C=O) groups excluding carboxylic acids is 2. The van der Waals surface area contributed by atoms with E-state index in [2.05, 4.69) is 6.07 Å². The van der Waals surface area contributed by atoms with Gasteiger partial charge in [-0.3, -0.25) is 9.69 Å². The molecule has 6 nitrogen and oxygen atoms in total. The van der Waals surface area contributed by atoms with Crippen LogP contribution < -0.4 is 0 Å². The summed E-state index contributed by atoms with van der Waals surface area (Å²) in [5.74, 6) is -1.66. The molecule has 0 N–H and O–H groups in total. The molecule has 7 heteroatoms. The molecule has 3 aromatic carbocycles. The second-order valence-corrected chi connectivity index (χ2v) is 9.40. The number of hydrogen-bond donors (Lipinski definition) is 0. The van der Waals surface area contributed by atoms with Crippen LogP contribution in [0.25, 0.3) is 0 Å². The maximum Gasteiger partial charge on any atom is 0.417 e. The number of ether oxygens (including phenoxy) is 1. The van der Waals surface area contributed by atoms with Gasteiger partial charge in [-0.15, -0.1) is 0 Å². The van der Waals surface area contributed by atoms with Gasteiger partial charge >= 0.3 is 6.09 Å². The van der Waals surface area contributed by atoms with E-state index in [1.807, 2.05) is 65.6 Å². The number of imide groups is 1. The molecule has 5 rings (SSSR count). The highest BCUT2D eigenvalue weighted by atomic mass is 19.1. The number of likely N-dealkylation sites (tertiary alicyclic amines) is 1. The number of nitrogens with zero attached hydrogens (tertiary/aromatic N) is 3. The Morgan fingerprint density at radius 1 is 1.00 bits per heavy atom. The second kappa shape index (κ2) is 9.92. The zero-order valence-corrected chi connectivity index (χ0v) is 19.7. The number of amides is 2. The molecule has 0 spiro atoms. The van der Waals surface area contributed by atoms with Crippen LogP contribution in [-0.4, -0.2) is 53.2 Å². The van der Waals surface area contributed by atoms with Crippen LogP contribution in [0.3, 0.4) is 0 Å². The molecule has 0 unspecified atom stereocenters. The number of alkyl halides is 1. The monoisotopic (exact) mass is 483 g/mol. The molecule has 0 saturated carbocycles. The topological polar surface area (TPSA) is 73.6 Å². The largest absolute Gasteiger partial charge is 0.447 e. The molecule has 182 valence electrons. The number of carbonyl (C=O) groups is 2. The summed E-state index contributed by atoms with van der Waals surface area (Å²) in [6.45, 7) is 0.664. The zero-order chi connectivity index (χ0) is 25.1. The summed E-state index contributed by atoms with van der Waals surface area (Å²) in [4.78, 5) is 29.4. The molecule has 0 aromatic heterocycles. The second-order valence-electron chi connectivity index (χ2n) is 9.40. The molecular weight excluding hydrogens is 457 g/mol. The first kappa shape index (κ1) is 23.7. The van der Waals surface area contributed by atoms with Gasteiger partial charge in [-0.05, 0) is 35.2 Å². The van der Waals surface area contributed by atoms with Gasteiger partial charge < -0.3 is 4.74 Å². The maximum atomic E-state index is 17.0. The third kappa shape index (κ3) is 4.60. The number of cyclic esters (lactones) is 1. The Balaban J connectivity index is 1.46. The third-order valence-electron chi connectivity index (χ3n) is 6.99. The van der Waals surface area contributed by atoms with Gasteiger partial charge in [-0.2, -0.15) is 5.26 Å². The summed E-state index contributed by atoms with van der Waals surface area (Å²) >= 11 is 0. The van der Waals surface area contributed by atoms with Crippen molar-refractivity contribution in [3.63, 3.8) is 0 Å². The molecular formula is C29H26FN3O3. The molecule has 2 aliphatic rings. The summed E-state index contributed by atoms with van der Waals surface area (Å²) in [6.07, 6.45) is -0.415. The molecule has 0 bridgehead atoms. The van der Waals surface area contributed by atoms with Crippen LogP contribution in [0.2, 0.25) is 0 Å². The van der Waals surface area contributed by atoms with E-state index in [9.17, 15) is 9.59 Å². The summed E-state index contributed by atoms with van der Waals surface area (Å²) < 4.78 is 22.2. The third-order valence-corrected chi connectivity index (χ3v) is 6.99. The van der Waals surface area contributed by atoms with Crippen molar-refractivity contribution in [2.24, 2.45) is 0 Å². The van der Waals surface area contributed by atoms with Crippen LogP contribution in [0.15, 0.2) is 84.9 Å². The van der Waals surface area contributed by atoms with Gasteiger partial charge in [0.1, 0.15) is 6.61 Å². The van der Waals surface area contributed by atoms with Gasteiger partial charge in [0.2, 0.25) is 5.67 Å². The first-order valence-electron chi connectivity index (χ1n) is 12.0. The van der Waals surface area contributed by atoms with Crippen molar-refractivity contribution in [2.75, 3.05) is 19.7 Å². The average Bonchev–Trinajstić information content (AvgIpc) is 3.44. The van der Waals surface area contributed by atoms with Crippen molar-refractivity contribution in [3.05, 3.63) is 107 Å². The van der Waals surface area contributed by atoms with Crippen molar-refractivity contribution in [1.82, 2.24) is 9.80 Å². The minimum Gasteiger partial charge on any atom is -0.447 e. The minimum atomic E-state index is -2.33. The highest BCUT2D eigenvalue weighted by molar-refractivity contribution is 5.99. The average molecular weight is 484 g/mol. The van der Waals surface area contributed by atoms with E-state index in [1.165, 1.54) is 0 Å². The zero-order valence-electron chi connectivity index (χ0n) is 19.7. The van der Waals surface area contributed by atoms with E-state index in [-0.39, 0.29) is 13.2 Å². The van der Waals surface area contributed by atoms with Crippen LogP contribution in [0.5, 0.6) is 0 Å². The van der Waals surface area contributed by atoms with Gasteiger partial charge in [0.15, 0.2) is 0 Å². The molecule has 2 fully saturated rings. The molecule has 3 aromatic rings. The first-order valence-corrected chi connectivity index (χ1v) is 12.0. The smallest absolute Gasteiger partial charge is 0.417 e. The SMILES string of the molecule is N#Cc1ccc([C@@H]2CN(Cc3ccccc3)C[C@@]2(F)C(=O)N2C(=O)OC[C@H]2Cc2ccccc2)cc1. The van der Waals surface area contributed by atoms with Gasteiger partial charge in [0, 0.05) is 25.6 Å². The van der Waals surface area contributed by atoms with E-state index in [0.29, 0.717) is 30.6 Å². The lowest BCUT2D eigenvalue weighted by atomic mass is 9.84. The Kier molecular flexibility index (Phi) is 6.53. The summed E-state index contributed by atoms with van der Waals surface area (Å²) in [6, 6.07) is 27.3. The normalized spacial score (nSPS) is 23.9. The van der Waals surface area contributed by atoms with Crippen LogP contribution in [0.1, 0.15) is 28.2 Å². The van der Waals surface area contributed by atoms with E-state index >= 15 is 4.39 Å². The highest BCUT2D eigenvalue weighted by Gasteiger charge is 2.58. The van der Waals surface area contributed by atoms with Crippen molar-refractivity contribution in [2.45, 2.75) is 30.6 Å². The maximum absolute atomic E-state index is 17.0. The summed E-state index contributed by atoms with van der Waals surface area (Å²) in [5, 5.41) is 9.17. The van der Waals surface area contributed by atoms with Crippen LogP contribution in [0, 0.1) is 11.3 Å². The molecule has 3 atom stereocenters. The fraction of sp³-hybridized carbons (Fsp3) is 0.276. The molecule has 0 radical (unpaired) electrons. The molecule has 36 heavy (non-hydrogen) atoms. The van der Waals surface area contributed by atoms with Gasteiger partial charge in [-0.1, -0.05) is 72.8 Å². The predicted molar refractivity (Wildman–Crippen MR) is 132 cm³/mol. The van der Waals surface area contributed by atoms with Crippen molar-refractivity contribution in [3.8, 4) is 6.07 Å². The molecule has 2 heterocycles. The fourth-order valence-electron chi connectivity index (χ4n) is 5.19. The highest BCUT2D eigenvalue weighted by Crippen LogP contribution is 2.42. The minimum absolute atomic E-state index is 0.0325. The Hall–Kier alpha value is -4.02. The number of hydrogen-bond acceptors (Lipinski definition) is 5. The van der Waals surface area contributed by atoms with E-state index in [0.717, 1.165) is 16.0 Å². The number of nitriles is 1. The first-order chi connectivity index (χ1) is 17.5. The van der Waals surface area contributed by atoms with Gasteiger partial charge in [-0.25, -0.2) is 14.1 Å². The Morgan fingerprint density at radius 2 is 1.64 bits per heavy atom. The van der Waals surface area contributed by atoms with E-state index in [4.69, 9.17) is 10.00 Å². The molecule has 2 aliphatic heterocycles. The lowest BCUT2D eigenvalue weighted by Crippen LogP contribution is -2.53. The Labute approximate surface area is 209 Å². The summed E-state index contributed by atoms with van der Waals surface area (Å²) in [5.41, 5.74) is 0.691. The number of halogens is 1. The predicted octanol–water partition coefficient (Wildman–Crippen LogP) is 4.46. The summed E-state index contributed by atoms with van der Waals surface area (Å²) in [7, 11) is 0.